The van der Waals surface area contributed by atoms with Gasteiger partial charge in [-0.05, 0) is 41.8 Å². The van der Waals surface area contributed by atoms with Crippen molar-refractivity contribution >= 4 is 21.8 Å². The van der Waals surface area contributed by atoms with Gasteiger partial charge in [0.05, 0.1) is 22.7 Å². The predicted molar refractivity (Wildman–Crippen MR) is 88.0 cm³/mol. The minimum atomic E-state index is -0.174. The summed E-state index contributed by atoms with van der Waals surface area (Å²) < 4.78 is 11.6. The molecule has 1 rings (SSSR count). The van der Waals surface area contributed by atoms with Crippen molar-refractivity contribution in [3.8, 4) is 17.6 Å². The summed E-state index contributed by atoms with van der Waals surface area (Å²) in [5, 5.41) is 11.9. The molecule has 0 saturated heterocycles. The largest absolute Gasteiger partial charge is 0.490 e. The molecule has 0 fully saturated rings. The van der Waals surface area contributed by atoms with Crippen LogP contribution in [0.2, 0.25) is 0 Å². The molecule has 0 heterocycles. The topological polar surface area (TPSA) is 71.3 Å². The van der Waals surface area contributed by atoms with E-state index in [1.165, 1.54) is 0 Å². The lowest BCUT2D eigenvalue weighted by atomic mass is 10.2. The van der Waals surface area contributed by atoms with Crippen molar-refractivity contribution in [2.75, 3.05) is 13.2 Å². The van der Waals surface area contributed by atoms with Gasteiger partial charge in [-0.25, -0.2) is 0 Å². The zero-order valence-electron chi connectivity index (χ0n) is 13.1. The summed E-state index contributed by atoms with van der Waals surface area (Å²) in [5.41, 5.74) is 0.462. The van der Waals surface area contributed by atoms with E-state index in [0.29, 0.717) is 28.1 Å². The van der Waals surface area contributed by atoms with Crippen LogP contribution in [0.15, 0.2) is 16.6 Å². The molecule has 0 aliphatic heterocycles. The van der Waals surface area contributed by atoms with Gasteiger partial charge in [0, 0.05) is 12.1 Å². The molecule has 1 amide bonds. The Labute approximate surface area is 139 Å². The lowest BCUT2D eigenvalue weighted by molar-refractivity contribution is -0.123. The lowest BCUT2D eigenvalue weighted by Gasteiger charge is -2.17. The van der Waals surface area contributed by atoms with E-state index < -0.39 is 0 Å². The fourth-order valence-electron chi connectivity index (χ4n) is 1.94. The molecule has 0 radical (unpaired) electrons. The second-order valence-corrected chi connectivity index (χ2v) is 5.55. The summed E-state index contributed by atoms with van der Waals surface area (Å²) in [7, 11) is 0. The number of halogens is 1. The van der Waals surface area contributed by atoms with Crippen LogP contribution in [0.4, 0.5) is 0 Å². The average molecular weight is 369 g/mol. The Balaban J connectivity index is 2.80. The highest BCUT2D eigenvalue weighted by molar-refractivity contribution is 9.10. The fourth-order valence-corrected chi connectivity index (χ4v) is 2.49. The third-order valence-electron chi connectivity index (χ3n) is 3.14. The summed E-state index contributed by atoms with van der Waals surface area (Å²) in [6.07, 6.45) is 1.76. The summed E-state index contributed by atoms with van der Waals surface area (Å²) >= 11 is 3.35. The number of hydrogen-bond acceptors (Lipinski definition) is 4. The standard InChI is InChI=1S/C16H21BrN2O3/c1-4-12(5-2)19-15(20)10-22-16-13(17)7-11(9-18)8-14(16)21-6-3/h7-8,12H,4-6,10H2,1-3H3,(H,19,20). The lowest BCUT2D eigenvalue weighted by Crippen LogP contribution is -2.37. The molecule has 0 spiro atoms. The van der Waals surface area contributed by atoms with Gasteiger partial charge in [-0.2, -0.15) is 5.26 Å². The van der Waals surface area contributed by atoms with Gasteiger partial charge in [0.1, 0.15) is 0 Å². The maximum absolute atomic E-state index is 11.9. The van der Waals surface area contributed by atoms with Crippen LogP contribution in [-0.4, -0.2) is 25.2 Å². The maximum atomic E-state index is 11.9. The number of rotatable bonds is 8. The average Bonchev–Trinajstić information content (AvgIpc) is 2.51. The monoisotopic (exact) mass is 368 g/mol. The van der Waals surface area contributed by atoms with Crippen LogP contribution >= 0.6 is 15.9 Å². The van der Waals surface area contributed by atoms with Crippen LogP contribution < -0.4 is 14.8 Å². The number of ether oxygens (including phenoxy) is 2. The third-order valence-corrected chi connectivity index (χ3v) is 3.73. The number of nitriles is 1. The minimum Gasteiger partial charge on any atom is -0.490 e. The zero-order valence-corrected chi connectivity index (χ0v) is 14.7. The number of carbonyl (C=O) groups is 1. The first-order valence-corrected chi connectivity index (χ1v) is 8.13. The Bertz CT molecular complexity index is 551. The number of nitrogens with zero attached hydrogens (tertiary/aromatic N) is 1. The van der Waals surface area contributed by atoms with Gasteiger partial charge in [0.15, 0.2) is 18.1 Å². The third kappa shape index (κ3) is 5.23. The van der Waals surface area contributed by atoms with Crippen molar-refractivity contribution in [1.29, 1.82) is 5.26 Å². The van der Waals surface area contributed by atoms with E-state index in [1.54, 1.807) is 12.1 Å². The van der Waals surface area contributed by atoms with Crippen LogP contribution in [0.3, 0.4) is 0 Å². The molecule has 120 valence electrons. The van der Waals surface area contributed by atoms with E-state index in [4.69, 9.17) is 14.7 Å². The van der Waals surface area contributed by atoms with Gasteiger partial charge in [-0.3, -0.25) is 4.79 Å². The second kappa shape index (κ2) is 9.31. The molecule has 1 aromatic carbocycles. The minimum absolute atomic E-state index is 0.0962. The van der Waals surface area contributed by atoms with Gasteiger partial charge in [0.2, 0.25) is 0 Å². The number of hydrogen-bond donors (Lipinski definition) is 1. The summed E-state index contributed by atoms with van der Waals surface area (Å²) in [6, 6.07) is 5.45. The SMILES string of the molecule is CCOc1cc(C#N)cc(Br)c1OCC(=O)NC(CC)CC. The first-order valence-electron chi connectivity index (χ1n) is 7.34. The smallest absolute Gasteiger partial charge is 0.258 e. The molecule has 0 aliphatic rings. The first-order chi connectivity index (χ1) is 10.5. The van der Waals surface area contributed by atoms with E-state index >= 15 is 0 Å². The van der Waals surface area contributed by atoms with Gasteiger partial charge in [-0.15, -0.1) is 0 Å². The number of nitrogens with one attached hydrogen (secondary N) is 1. The first kappa shape index (κ1) is 18.3. The maximum Gasteiger partial charge on any atom is 0.258 e. The van der Waals surface area contributed by atoms with Gasteiger partial charge in [0.25, 0.3) is 5.91 Å². The summed E-state index contributed by atoms with van der Waals surface area (Å²) in [6.45, 7) is 6.24. The summed E-state index contributed by atoms with van der Waals surface area (Å²) in [5.74, 6) is 0.705. The van der Waals surface area contributed by atoms with Crippen LogP contribution in [0.25, 0.3) is 0 Å². The van der Waals surface area contributed by atoms with Crippen molar-refractivity contribution in [3.63, 3.8) is 0 Å². The molecular formula is C16H21BrN2O3. The molecule has 0 aliphatic carbocycles. The van der Waals surface area contributed by atoms with Crippen molar-refractivity contribution in [2.24, 2.45) is 0 Å². The Morgan fingerprint density at radius 1 is 1.32 bits per heavy atom. The van der Waals surface area contributed by atoms with Crippen LogP contribution in [0.5, 0.6) is 11.5 Å². The molecule has 5 nitrogen and oxygen atoms in total. The Hall–Kier alpha value is -1.74. The second-order valence-electron chi connectivity index (χ2n) is 4.70. The summed E-state index contributed by atoms with van der Waals surface area (Å²) in [4.78, 5) is 11.9. The van der Waals surface area contributed by atoms with Gasteiger partial charge < -0.3 is 14.8 Å². The molecule has 0 unspecified atom stereocenters. The highest BCUT2D eigenvalue weighted by Gasteiger charge is 2.15. The van der Waals surface area contributed by atoms with Crippen molar-refractivity contribution in [3.05, 3.63) is 22.2 Å². The highest BCUT2D eigenvalue weighted by Crippen LogP contribution is 2.36. The molecule has 1 aromatic rings. The molecule has 6 heteroatoms. The molecule has 22 heavy (non-hydrogen) atoms. The van der Waals surface area contributed by atoms with Crippen LogP contribution in [0, 0.1) is 11.3 Å². The molecule has 0 aromatic heterocycles. The molecule has 0 atom stereocenters. The number of benzene rings is 1. The Kier molecular flexibility index (Phi) is 7.75. The van der Waals surface area contributed by atoms with E-state index in [-0.39, 0.29) is 18.6 Å². The van der Waals surface area contributed by atoms with Gasteiger partial charge >= 0.3 is 0 Å². The molecule has 1 N–H and O–H groups in total. The Morgan fingerprint density at radius 3 is 2.55 bits per heavy atom. The molecule has 0 bridgehead atoms. The van der Waals surface area contributed by atoms with Crippen molar-refractivity contribution in [2.45, 2.75) is 39.7 Å². The van der Waals surface area contributed by atoms with Gasteiger partial charge in [-0.1, -0.05) is 13.8 Å². The molecule has 0 saturated carbocycles. The fraction of sp³-hybridized carbons (Fsp3) is 0.500. The normalized spacial score (nSPS) is 10.2. The van der Waals surface area contributed by atoms with Crippen molar-refractivity contribution in [1.82, 2.24) is 5.32 Å². The number of carbonyl (C=O) groups excluding carboxylic acids is 1. The van der Waals surface area contributed by atoms with Crippen LogP contribution in [0.1, 0.15) is 39.2 Å². The van der Waals surface area contributed by atoms with E-state index in [1.807, 2.05) is 20.8 Å². The van der Waals surface area contributed by atoms with E-state index in [2.05, 4.69) is 27.3 Å². The zero-order chi connectivity index (χ0) is 16.5. The number of amides is 1. The van der Waals surface area contributed by atoms with E-state index in [0.717, 1.165) is 12.8 Å². The van der Waals surface area contributed by atoms with E-state index in [9.17, 15) is 4.79 Å². The quantitative estimate of drug-likeness (QED) is 0.762. The van der Waals surface area contributed by atoms with Crippen LogP contribution in [-0.2, 0) is 4.79 Å². The predicted octanol–water partition coefficient (Wildman–Crippen LogP) is 3.40. The molecular weight excluding hydrogens is 348 g/mol. The van der Waals surface area contributed by atoms with Crippen molar-refractivity contribution < 1.29 is 14.3 Å². The highest BCUT2D eigenvalue weighted by atomic mass is 79.9. The Morgan fingerprint density at radius 2 is 2.00 bits per heavy atom.